The summed E-state index contributed by atoms with van der Waals surface area (Å²) in [6.45, 7) is 1.26. The number of likely N-dealkylation sites (tertiary alicyclic amines) is 1. The molecule has 0 spiro atoms. The maximum Gasteiger partial charge on any atom is 0.289 e. The van der Waals surface area contributed by atoms with E-state index in [1.54, 1.807) is 33.8 Å². The summed E-state index contributed by atoms with van der Waals surface area (Å²) in [7, 11) is 0. The van der Waals surface area contributed by atoms with Gasteiger partial charge in [-0.3, -0.25) is 9.59 Å². The van der Waals surface area contributed by atoms with Gasteiger partial charge in [0.2, 0.25) is 0 Å². The number of carbonyl (C=O) groups is 1. The fraction of sp³-hybridized carbons (Fsp3) is 0.182. The average Bonchev–Trinajstić information content (AvgIpc) is 3.20. The quantitative estimate of drug-likeness (QED) is 0.510. The molecular formula is C22H18N4O4. The van der Waals surface area contributed by atoms with E-state index in [0.717, 1.165) is 5.75 Å². The molecule has 0 aliphatic carbocycles. The van der Waals surface area contributed by atoms with E-state index in [1.807, 2.05) is 36.5 Å². The van der Waals surface area contributed by atoms with Gasteiger partial charge in [0, 0.05) is 19.2 Å². The lowest BCUT2D eigenvalue weighted by atomic mass is 10.1. The summed E-state index contributed by atoms with van der Waals surface area (Å²) in [5, 5.41) is 8.74. The lowest BCUT2D eigenvalue weighted by Gasteiger charge is -2.38. The van der Waals surface area contributed by atoms with Crippen molar-refractivity contribution in [1.29, 1.82) is 0 Å². The second-order valence-electron chi connectivity index (χ2n) is 7.13. The molecule has 150 valence electrons. The number of fused-ring (bicyclic) bond motifs is 1. The highest BCUT2D eigenvalue weighted by Crippen LogP contribution is 2.23. The van der Waals surface area contributed by atoms with Crippen LogP contribution in [0, 0.1) is 0 Å². The summed E-state index contributed by atoms with van der Waals surface area (Å²) in [6, 6.07) is 17.7. The molecule has 3 heterocycles. The molecule has 8 heteroatoms. The Morgan fingerprint density at radius 1 is 1.10 bits per heavy atom. The van der Waals surface area contributed by atoms with Crippen molar-refractivity contribution in [2.24, 2.45) is 0 Å². The van der Waals surface area contributed by atoms with Gasteiger partial charge in [0.05, 0.1) is 17.6 Å². The fourth-order valence-corrected chi connectivity index (χ4v) is 3.39. The van der Waals surface area contributed by atoms with E-state index in [9.17, 15) is 9.59 Å². The number of hydrogen-bond acceptors (Lipinski definition) is 6. The van der Waals surface area contributed by atoms with Gasteiger partial charge in [0.15, 0.2) is 11.2 Å². The largest absolute Gasteiger partial charge is 0.487 e. The number of ether oxygens (including phenoxy) is 1. The van der Waals surface area contributed by atoms with Crippen molar-refractivity contribution in [3.8, 4) is 5.75 Å². The molecule has 0 bridgehead atoms. The van der Waals surface area contributed by atoms with Crippen molar-refractivity contribution in [2.75, 3.05) is 13.1 Å². The molecule has 5 rings (SSSR count). The van der Waals surface area contributed by atoms with E-state index < -0.39 is 0 Å². The standard InChI is InChI=1S/C22H18N4O4/c27-19-10-21(30-20-9-5-4-8-18(19)20)22(28)25-12-16(13-25)26-11-15(23-24-26)14-29-17-6-2-1-3-7-17/h1-11,16H,12-14H2. The number of rotatable bonds is 5. The zero-order chi connectivity index (χ0) is 20.5. The van der Waals surface area contributed by atoms with Gasteiger partial charge in [0.25, 0.3) is 5.91 Å². The molecule has 0 N–H and O–H groups in total. The van der Waals surface area contributed by atoms with E-state index in [2.05, 4.69) is 10.3 Å². The van der Waals surface area contributed by atoms with Gasteiger partial charge in [-0.15, -0.1) is 5.10 Å². The van der Waals surface area contributed by atoms with Crippen LogP contribution in [0.2, 0.25) is 0 Å². The minimum atomic E-state index is -0.304. The van der Waals surface area contributed by atoms with Gasteiger partial charge in [-0.25, -0.2) is 4.68 Å². The van der Waals surface area contributed by atoms with E-state index in [4.69, 9.17) is 9.15 Å². The molecule has 1 aliphatic rings. The zero-order valence-electron chi connectivity index (χ0n) is 16.0. The third-order valence-corrected chi connectivity index (χ3v) is 5.06. The molecule has 0 unspecified atom stereocenters. The van der Waals surface area contributed by atoms with Gasteiger partial charge in [-0.05, 0) is 24.3 Å². The van der Waals surface area contributed by atoms with Crippen molar-refractivity contribution in [3.63, 3.8) is 0 Å². The monoisotopic (exact) mass is 402 g/mol. The van der Waals surface area contributed by atoms with Crippen molar-refractivity contribution in [3.05, 3.63) is 88.5 Å². The molecule has 1 amide bonds. The molecule has 4 aromatic rings. The van der Waals surface area contributed by atoms with Crippen LogP contribution in [0.1, 0.15) is 22.3 Å². The maximum absolute atomic E-state index is 12.7. The van der Waals surface area contributed by atoms with Crippen LogP contribution < -0.4 is 10.2 Å². The van der Waals surface area contributed by atoms with Crippen LogP contribution in [0.4, 0.5) is 0 Å². The lowest BCUT2D eigenvalue weighted by Crippen LogP contribution is -2.51. The Kier molecular flexibility index (Phi) is 4.51. The number of carbonyl (C=O) groups excluding carboxylic acids is 1. The number of aromatic nitrogens is 3. The molecule has 1 saturated heterocycles. The summed E-state index contributed by atoms with van der Waals surface area (Å²) < 4.78 is 13.1. The van der Waals surface area contributed by atoms with E-state index in [1.165, 1.54) is 6.07 Å². The molecule has 8 nitrogen and oxygen atoms in total. The summed E-state index contributed by atoms with van der Waals surface area (Å²) in [5.41, 5.74) is 0.894. The average molecular weight is 402 g/mol. The fourth-order valence-electron chi connectivity index (χ4n) is 3.39. The summed E-state index contributed by atoms with van der Waals surface area (Å²) >= 11 is 0. The minimum absolute atomic E-state index is 0.0269. The number of para-hydroxylation sites is 2. The molecule has 0 saturated carbocycles. The molecule has 1 fully saturated rings. The second-order valence-corrected chi connectivity index (χ2v) is 7.13. The predicted molar refractivity (Wildman–Crippen MR) is 108 cm³/mol. The van der Waals surface area contributed by atoms with Crippen molar-refractivity contribution in [1.82, 2.24) is 19.9 Å². The minimum Gasteiger partial charge on any atom is -0.487 e. The highest BCUT2D eigenvalue weighted by molar-refractivity contribution is 5.93. The van der Waals surface area contributed by atoms with Crippen LogP contribution in [-0.2, 0) is 6.61 Å². The smallest absolute Gasteiger partial charge is 0.289 e. The summed E-state index contributed by atoms with van der Waals surface area (Å²) in [5.74, 6) is 0.513. The molecule has 0 atom stereocenters. The van der Waals surface area contributed by atoms with E-state index in [-0.39, 0.29) is 23.1 Å². The molecule has 30 heavy (non-hydrogen) atoms. The molecule has 1 aliphatic heterocycles. The van der Waals surface area contributed by atoms with Crippen molar-refractivity contribution >= 4 is 16.9 Å². The lowest BCUT2D eigenvalue weighted by molar-refractivity contribution is 0.0467. The van der Waals surface area contributed by atoms with Crippen LogP contribution in [0.25, 0.3) is 11.0 Å². The molecule has 2 aromatic carbocycles. The van der Waals surface area contributed by atoms with Crippen LogP contribution in [0.15, 0.2) is 76.1 Å². The highest BCUT2D eigenvalue weighted by Gasteiger charge is 2.34. The first kappa shape index (κ1) is 18.1. The Balaban J connectivity index is 1.22. The summed E-state index contributed by atoms with van der Waals surface area (Å²) in [4.78, 5) is 26.5. The first-order valence-corrected chi connectivity index (χ1v) is 9.58. The number of amides is 1. The van der Waals surface area contributed by atoms with Crippen LogP contribution in [0.3, 0.4) is 0 Å². The number of nitrogens with zero attached hydrogens (tertiary/aromatic N) is 4. The van der Waals surface area contributed by atoms with E-state index >= 15 is 0 Å². The predicted octanol–water partition coefficient (Wildman–Crippen LogP) is 2.66. The van der Waals surface area contributed by atoms with Gasteiger partial charge < -0.3 is 14.1 Å². The maximum atomic E-state index is 12.7. The van der Waals surface area contributed by atoms with Crippen LogP contribution >= 0.6 is 0 Å². The SMILES string of the molecule is O=C(c1cc(=O)c2ccccc2o1)N1CC(n2cc(COc3ccccc3)nn2)C1. The van der Waals surface area contributed by atoms with Gasteiger partial charge in [-0.2, -0.15) is 0 Å². The normalized spacial score (nSPS) is 13.9. The van der Waals surface area contributed by atoms with E-state index in [0.29, 0.717) is 36.4 Å². The first-order chi connectivity index (χ1) is 14.7. The third kappa shape index (κ3) is 3.43. The third-order valence-electron chi connectivity index (χ3n) is 5.06. The second kappa shape index (κ2) is 7.47. The Labute approximate surface area is 171 Å². The van der Waals surface area contributed by atoms with Crippen LogP contribution in [-0.4, -0.2) is 38.9 Å². The van der Waals surface area contributed by atoms with Gasteiger partial charge >= 0.3 is 0 Å². The number of hydrogen-bond donors (Lipinski definition) is 0. The number of benzene rings is 2. The van der Waals surface area contributed by atoms with Crippen molar-refractivity contribution in [2.45, 2.75) is 12.6 Å². The summed E-state index contributed by atoms with van der Waals surface area (Å²) in [6.07, 6.45) is 1.82. The van der Waals surface area contributed by atoms with Crippen molar-refractivity contribution < 1.29 is 13.9 Å². The topological polar surface area (TPSA) is 90.5 Å². The first-order valence-electron chi connectivity index (χ1n) is 9.58. The Bertz CT molecular complexity index is 1260. The zero-order valence-corrected chi connectivity index (χ0v) is 16.0. The molecular weight excluding hydrogens is 384 g/mol. The highest BCUT2D eigenvalue weighted by atomic mass is 16.5. The van der Waals surface area contributed by atoms with Crippen LogP contribution in [0.5, 0.6) is 5.75 Å². The molecule has 0 radical (unpaired) electrons. The Hall–Kier alpha value is -3.94. The Morgan fingerprint density at radius 3 is 2.70 bits per heavy atom. The van der Waals surface area contributed by atoms with Gasteiger partial charge in [-0.1, -0.05) is 35.5 Å². The van der Waals surface area contributed by atoms with Gasteiger partial charge in [0.1, 0.15) is 23.6 Å². The Morgan fingerprint density at radius 2 is 1.87 bits per heavy atom. The molecule has 2 aromatic heterocycles.